The molecule has 230 valence electrons. The summed E-state index contributed by atoms with van der Waals surface area (Å²) in [6.07, 6.45) is 0.144. The minimum Gasteiger partial charge on any atom is -0.462 e. The molecule has 0 radical (unpaired) electrons. The third-order valence-electron chi connectivity index (χ3n) is 6.87. The van der Waals surface area contributed by atoms with Crippen LogP contribution in [0.4, 0.5) is 16.2 Å². The fraction of sp³-hybridized carbons (Fsp3) is 0.429. The number of hydrogen-bond donors (Lipinski definition) is 3. The van der Waals surface area contributed by atoms with Crippen molar-refractivity contribution in [1.29, 1.82) is 0 Å². The van der Waals surface area contributed by atoms with E-state index in [0.29, 0.717) is 22.4 Å². The molecule has 13 nitrogen and oxygen atoms in total. The lowest BCUT2D eigenvalue weighted by atomic mass is 10.1. The monoisotopic (exact) mass is 615 g/mol. The number of esters is 1. The highest BCUT2D eigenvalue weighted by atomic mass is 31.2. The van der Waals surface area contributed by atoms with E-state index in [1.54, 1.807) is 56.7 Å². The number of nitrogens with two attached hydrogens (primary N) is 1. The predicted molar refractivity (Wildman–Crippen MR) is 159 cm³/mol. The Balaban J connectivity index is 1.39. The molecule has 15 heteroatoms. The molecule has 0 spiro atoms. The van der Waals surface area contributed by atoms with Gasteiger partial charge in [0.2, 0.25) is 11.8 Å². The normalized spacial score (nSPS) is 22.5. The number of carbonyl (C=O) groups excluding carboxylic acids is 1. The van der Waals surface area contributed by atoms with Gasteiger partial charge >= 0.3 is 13.7 Å². The highest BCUT2D eigenvalue weighted by molar-refractivity contribution is 7.52. The number of benzene rings is 2. The van der Waals surface area contributed by atoms with E-state index in [9.17, 15) is 9.36 Å². The van der Waals surface area contributed by atoms with Crippen molar-refractivity contribution >= 4 is 47.4 Å². The van der Waals surface area contributed by atoms with E-state index in [0.717, 1.165) is 5.39 Å². The van der Waals surface area contributed by atoms with Gasteiger partial charge in [-0.3, -0.25) is 13.9 Å². The Hall–Kier alpha value is -3.84. The van der Waals surface area contributed by atoms with Crippen molar-refractivity contribution < 1.29 is 32.3 Å². The second-order valence-electron chi connectivity index (χ2n) is 10.8. The number of carbonyl (C=O) groups is 1. The molecule has 1 aliphatic rings. The van der Waals surface area contributed by atoms with Gasteiger partial charge in [-0.2, -0.15) is 15.1 Å². The first-order chi connectivity index (χ1) is 20.4. The summed E-state index contributed by atoms with van der Waals surface area (Å²) in [5.74, 6) is -2.74. The molecule has 0 bridgehead atoms. The molecule has 4 N–H and O–H groups in total. The van der Waals surface area contributed by atoms with E-state index in [-0.39, 0.29) is 24.0 Å². The number of rotatable bonds is 11. The number of aromatic nitrogens is 4. The summed E-state index contributed by atoms with van der Waals surface area (Å²) in [6.45, 7) is 5.88. The smallest absolute Gasteiger partial charge is 0.459 e. The minimum absolute atomic E-state index is 0.0156. The van der Waals surface area contributed by atoms with Crippen molar-refractivity contribution in [3.63, 3.8) is 0 Å². The van der Waals surface area contributed by atoms with E-state index < -0.39 is 44.6 Å². The average Bonchev–Trinajstić information content (AvgIpc) is 3.51. The van der Waals surface area contributed by atoms with Crippen molar-refractivity contribution in [2.45, 2.75) is 58.3 Å². The van der Waals surface area contributed by atoms with Crippen LogP contribution in [0, 0.1) is 5.92 Å². The molecule has 4 aromatic rings. The summed E-state index contributed by atoms with van der Waals surface area (Å²) in [5, 5.41) is 7.01. The number of fused-ring (bicyclic) bond motifs is 2. The molecule has 0 saturated carbocycles. The second-order valence-corrected chi connectivity index (χ2v) is 12.4. The predicted octanol–water partition coefficient (Wildman–Crippen LogP) is 4.96. The number of imidazole rings is 1. The maximum Gasteiger partial charge on any atom is 0.459 e. The first-order valence-corrected chi connectivity index (χ1v) is 15.4. The number of nitrogens with zero attached hydrogens (tertiary/aromatic N) is 4. The van der Waals surface area contributed by atoms with Crippen molar-refractivity contribution in [2.24, 2.45) is 5.92 Å². The fourth-order valence-corrected chi connectivity index (χ4v) is 6.52. The van der Waals surface area contributed by atoms with Crippen LogP contribution in [0.2, 0.25) is 0 Å². The molecule has 1 unspecified atom stereocenters. The van der Waals surface area contributed by atoms with Crippen LogP contribution in [0.1, 0.15) is 40.3 Å². The van der Waals surface area contributed by atoms with Gasteiger partial charge in [0.05, 0.1) is 12.4 Å². The Bertz CT molecular complexity index is 1680. The fourth-order valence-electron chi connectivity index (χ4n) is 4.98. The Morgan fingerprint density at radius 2 is 1.98 bits per heavy atom. The summed E-state index contributed by atoms with van der Waals surface area (Å²) in [4.78, 5) is 25.3. The van der Waals surface area contributed by atoms with Gasteiger partial charge < -0.3 is 25.0 Å². The van der Waals surface area contributed by atoms with Gasteiger partial charge in [-0.25, -0.2) is 13.9 Å². The topological polar surface area (TPSA) is 165 Å². The quantitative estimate of drug-likeness (QED) is 0.154. The van der Waals surface area contributed by atoms with Crippen LogP contribution >= 0.6 is 7.75 Å². The SMILES string of the molecule is CNc1nc(N)nc2c1ncn2[C@@H]1O[C@](F)(COP(=O)(N[C@@H](C)C(=O)OC(C)C)Oc2cccc3ccccc23)C[C@@H]1C. The Morgan fingerprint density at radius 3 is 2.72 bits per heavy atom. The zero-order valence-corrected chi connectivity index (χ0v) is 25.4. The number of alkyl halides is 1. The lowest BCUT2D eigenvalue weighted by Crippen LogP contribution is -2.37. The van der Waals surface area contributed by atoms with Crippen LogP contribution in [0.15, 0.2) is 48.8 Å². The molecule has 0 amide bonds. The molecule has 5 rings (SSSR count). The van der Waals surface area contributed by atoms with Crippen LogP contribution in [0.3, 0.4) is 0 Å². The summed E-state index contributed by atoms with van der Waals surface area (Å²) < 4.78 is 54.7. The van der Waals surface area contributed by atoms with E-state index in [1.807, 2.05) is 18.2 Å². The maximum absolute atomic E-state index is 16.3. The van der Waals surface area contributed by atoms with Crippen LogP contribution in [-0.2, 0) is 23.4 Å². The summed E-state index contributed by atoms with van der Waals surface area (Å²) >= 11 is 0. The molecule has 1 fully saturated rings. The lowest BCUT2D eigenvalue weighted by molar-refractivity contribution is -0.173. The molecule has 43 heavy (non-hydrogen) atoms. The molecular formula is C28H35FN7O6P. The molecule has 3 heterocycles. The molecular weight excluding hydrogens is 580 g/mol. The van der Waals surface area contributed by atoms with Crippen molar-refractivity contribution in [2.75, 3.05) is 24.7 Å². The molecule has 5 atom stereocenters. The van der Waals surface area contributed by atoms with Gasteiger partial charge in [0.1, 0.15) is 24.6 Å². The molecule has 2 aromatic carbocycles. The van der Waals surface area contributed by atoms with Crippen molar-refractivity contribution in [3.8, 4) is 5.75 Å². The van der Waals surface area contributed by atoms with Gasteiger partial charge in [0.25, 0.3) is 0 Å². The lowest BCUT2D eigenvalue weighted by Gasteiger charge is -2.27. The highest BCUT2D eigenvalue weighted by Crippen LogP contribution is 2.50. The first kappa shape index (κ1) is 30.6. The van der Waals surface area contributed by atoms with Gasteiger partial charge in [-0.05, 0) is 32.2 Å². The zero-order chi connectivity index (χ0) is 30.9. The number of nitrogen functional groups attached to an aromatic ring is 1. The number of ether oxygens (including phenoxy) is 2. The van der Waals surface area contributed by atoms with E-state index >= 15 is 4.39 Å². The first-order valence-electron chi connectivity index (χ1n) is 13.8. The second kappa shape index (κ2) is 12.0. The molecule has 1 saturated heterocycles. The van der Waals surface area contributed by atoms with Crippen LogP contribution in [0.5, 0.6) is 5.75 Å². The van der Waals surface area contributed by atoms with Gasteiger partial charge in [0, 0.05) is 24.8 Å². The molecule has 1 aliphatic heterocycles. The van der Waals surface area contributed by atoms with Gasteiger partial charge in [-0.1, -0.05) is 43.3 Å². The third kappa shape index (κ3) is 6.57. The van der Waals surface area contributed by atoms with Crippen molar-refractivity contribution in [1.82, 2.24) is 24.6 Å². The Kier molecular flexibility index (Phi) is 8.57. The summed E-state index contributed by atoms with van der Waals surface area (Å²) in [5.41, 5.74) is 6.68. The van der Waals surface area contributed by atoms with Gasteiger partial charge in [-0.15, -0.1) is 0 Å². The van der Waals surface area contributed by atoms with Crippen LogP contribution < -0.4 is 20.7 Å². The van der Waals surface area contributed by atoms with Crippen LogP contribution in [-0.4, -0.2) is 57.1 Å². The maximum atomic E-state index is 16.3. The zero-order valence-electron chi connectivity index (χ0n) is 24.5. The number of halogens is 1. The number of anilines is 2. The minimum atomic E-state index is -4.39. The summed E-state index contributed by atoms with van der Waals surface area (Å²) in [6, 6.07) is 11.4. The number of nitrogens with one attached hydrogen (secondary N) is 2. The van der Waals surface area contributed by atoms with E-state index in [2.05, 4.69) is 25.4 Å². The molecule has 2 aromatic heterocycles. The van der Waals surface area contributed by atoms with E-state index in [4.69, 9.17) is 24.3 Å². The highest BCUT2D eigenvalue weighted by Gasteiger charge is 2.49. The Labute approximate surface area is 247 Å². The Morgan fingerprint density at radius 1 is 1.23 bits per heavy atom. The number of hydrogen-bond acceptors (Lipinski definition) is 11. The van der Waals surface area contributed by atoms with Crippen LogP contribution in [0.25, 0.3) is 21.9 Å². The van der Waals surface area contributed by atoms with Gasteiger partial charge in [0.15, 0.2) is 17.0 Å². The average molecular weight is 616 g/mol. The van der Waals surface area contributed by atoms with E-state index in [1.165, 1.54) is 13.3 Å². The molecule has 0 aliphatic carbocycles. The standard InChI is InChI=1S/C28H35FN7O6P/c1-16(2)40-26(37)18(4)35-43(38,42-21-12-8-10-19-9-6-7-11-20(19)21)39-14-28(29)13-17(3)25(41-28)36-15-32-22-23(31-5)33-27(30)34-24(22)36/h6-12,15-18,25H,13-14H2,1-5H3,(H,35,38)(H3,30,31,33,34)/t17-,18-,25+,28-,43?/m0/s1. The summed E-state index contributed by atoms with van der Waals surface area (Å²) in [7, 11) is -2.71. The largest absolute Gasteiger partial charge is 0.462 e. The third-order valence-corrected chi connectivity index (χ3v) is 8.48. The van der Waals surface area contributed by atoms with Crippen molar-refractivity contribution in [3.05, 3.63) is 48.8 Å².